The van der Waals surface area contributed by atoms with Gasteiger partial charge in [0.2, 0.25) is 0 Å². The summed E-state index contributed by atoms with van der Waals surface area (Å²) in [5.74, 6) is 1.93. The normalized spacial score (nSPS) is 40.9. The lowest BCUT2D eigenvalue weighted by Gasteiger charge is -2.61. The maximum absolute atomic E-state index is 2.60. The third-order valence-electron chi connectivity index (χ3n) is 7.78. The third kappa shape index (κ3) is 1.36. The number of hydrogen-bond donors (Lipinski definition) is 0. The van der Waals surface area contributed by atoms with E-state index in [1.807, 2.05) is 0 Å². The lowest BCUT2D eigenvalue weighted by Crippen LogP contribution is -2.55. The predicted octanol–water partition coefficient (Wildman–Crippen LogP) is 5.52. The van der Waals surface area contributed by atoms with Gasteiger partial charge in [0, 0.05) is 0 Å². The Morgan fingerprint density at radius 1 is 0.824 bits per heavy atom. The molecule has 0 aliphatic heterocycles. The fourth-order valence-electron chi connectivity index (χ4n) is 5.21. The predicted molar refractivity (Wildman–Crippen MR) is 76.0 cm³/mol. The van der Waals surface area contributed by atoms with Crippen molar-refractivity contribution in [1.29, 1.82) is 0 Å². The molecule has 2 aliphatic carbocycles. The van der Waals surface area contributed by atoms with Crippen molar-refractivity contribution in [2.45, 2.75) is 74.7 Å². The van der Waals surface area contributed by atoms with E-state index in [1.54, 1.807) is 0 Å². The van der Waals surface area contributed by atoms with Gasteiger partial charge in [-0.15, -0.1) is 0 Å². The van der Waals surface area contributed by atoms with E-state index in [2.05, 4.69) is 55.4 Å². The van der Waals surface area contributed by atoms with Crippen molar-refractivity contribution in [3.63, 3.8) is 0 Å². The van der Waals surface area contributed by atoms with E-state index in [0.29, 0.717) is 21.7 Å². The van der Waals surface area contributed by atoms with Crippen LogP contribution in [0.5, 0.6) is 0 Å². The topological polar surface area (TPSA) is 0 Å². The SMILES string of the molecule is CC(C)(C)C(C)(C)C1(C)[C@@H]2CC[C@@H](C2)C1(C)C. The maximum atomic E-state index is 2.60. The second-order valence-electron chi connectivity index (χ2n) is 9.01. The summed E-state index contributed by atoms with van der Waals surface area (Å²) in [6, 6.07) is 0. The summed E-state index contributed by atoms with van der Waals surface area (Å²) in [7, 11) is 0. The van der Waals surface area contributed by atoms with Crippen LogP contribution in [0.25, 0.3) is 0 Å². The Morgan fingerprint density at radius 3 is 1.65 bits per heavy atom. The van der Waals surface area contributed by atoms with Crippen molar-refractivity contribution < 1.29 is 0 Å². The van der Waals surface area contributed by atoms with E-state index in [9.17, 15) is 0 Å². The summed E-state index contributed by atoms with van der Waals surface area (Å²) in [5.41, 5.74) is 1.76. The van der Waals surface area contributed by atoms with E-state index < -0.39 is 0 Å². The molecule has 0 amide bonds. The molecule has 2 bridgehead atoms. The average Bonchev–Trinajstić information content (AvgIpc) is 2.67. The Labute approximate surface area is 109 Å². The summed E-state index contributed by atoms with van der Waals surface area (Å²) in [5, 5.41) is 0. The molecule has 100 valence electrons. The standard InChI is InChI=1S/C17H32/c1-14(2,3)16(6,7)17(8)13-10-9-12(11-13)15(17,4)5/h12-13H,9-11H2,1-8H3/t12-,13+,17?/m0/s1. The molecular formula is C17H32. The Balaban J connectivity index is 2.50. The molecule has 0 heteroatoms. The highest BCUT2D eigenvalue weighted by Crippen LogP contribution is 2.74. The second-order valence-corrected chi connectivity index (χ2v) is 9.01. The van der Waals surface area contributed by atoms with Crippen molar-refractivity contribution in [3.8, 4) is 0 Å². The van der Waals surface area contributed by atoms with Crippen molar-refractivity contribution >= 4 is 0 Å². The molecule has 2 aliphatic rings. The van der Waals surface area contributed by atoms with Crippen molar-refractivity contribution in [2.75, 3.05) is 0 Å². The zero-order chi connectivity index (χ0) is 13.3. The highest BCUT2D eigenvalue weighted by atomic mass is 14.7. The minimum atomic E-state index is 0.378. The Bertz CT molecular complexity index is 315. The molecule has 0 heterocycles. The smallest absolute Gasteiger partial charge is 0.0187 e. The zero-order valence-corrected chi connectivity index (χ0v) is 13.3. The van der Waals surface area contributed by atoms with Gasteiger partial charge in [-0.25, -0.2) is 0 Å². The van der Waals surface area contributed by atoms with Crippen LogP contribution in [0.1, 0.15) is 74.7 Å². The largest absolute Gasteiger partial charge is 0.0596 e. The van der Waals surface area contributed by atoms with E-state index >= 15 is 0 Å². The van der Waals surface area contributed by atoms with Crippen LogP contribution in [0.3, 0.4) is 0 Å². The third-order valence-corrected chi connectivity index (χ3v) is 7.78. The second kappa shape index (κ2) is 3.31. The molecule has 0 radical (unpaired) electrons. The first kappa shape index (κ1) is 13.4. The average molecular weight is 236 g/mol. The molecule has 2 rings (SSSR count). The van der Waals surface area contributed by atoms with Crippen LogP contribution in [-0.4, -0.2) is 0 Å². The molecule has 0 nitrogen and oxygen atoms in total. The van der Waals surface area contributed by atoms with Crippen LogP contribution in [0.15, 0.2) is 0 Å². The molecule has 1 unspecified atom stereocenters. The quantitative estimate of drug-likeness (QED) is 0.562. The van der Waals surface area contributed by atoms with Crippen LogP contribution in [0.4, 0.5) is 0 Å². The molecule has 0 N–H and O–H groups in total. The van der Waals surface area contributed by atoms with Gasteiger partial charge < -0.3 is 0 Å². The Kier molecular flexibility index (Phi) is 2.61. The molecule has 0 aromatic rings. The molecule has 2 saturated carbocycles. The first-order chi connectivity index (χ1) is 7.46. The van der Waals surface area contributed by atoms with Gasteiger partial charge in [0.15, 0.2) is 0 Å². The van der Waals surface area contributed by atoms with Gasteiger partial charge in [-0.3, -0.25) is 0 Å². The number of hydrogen-bond acceptors (Lipinski definition) is 0. The molecule has 0 aromatic carbocycles. The first-order valence-electron chi connectivity index (χ1n) is 7.46. The van der Waals surface area contributed by atoms with E-state index in [0.717, 1.165) is 11.8 Å². The van der Waals surface area contributed by atoms with Gasteiger partial charge in [-0.2, -0.15) is 0 Å². The molecule has 2 fully saturated rings. The highest BCUT2D eigenvalue weighted by molar-refractivity contribution is 5.15. The van der Waals surface area contributed by atoms with Gasteiger partial charge in [0.1, 0.15) is 0 Å². The lowest BCUT2D eigenvalue weighted by molar-refractivity contribution is -0.132. The monoisotopic (exact) mass is 236 g/mol. The maximum Gasteiger partial charge on any atom is -0.0187 e. The minimum Gasteiger partial charge on any atom is -0.0596 e. The summed E-state index contributed by atoms with van der Waals surface area (Å²) in [6.07, 6.45) is 4.45. The number of rotatable bonds is 1. The first-order valence-corrected chi connectivity index (χ1v) is 7.46. The summed E-state index contributed by atoms with van der Waals surface area (Å²) < 4.78 is 0. The van der Waals surface area contributed by atoms with Gasteiger partial charge >= 0.3 is 0 Å². The molecule has 17 heavy (non-hydrogen) atoms. The molecule has 3 atom stereocenters. The van der Waals surface area contributed by atoms with Crippen LogP contribution in [0, 0.1) is 33.5 Å². The van der Waals surface area contributed by atoms with Crippen molar-refractivity contribution in [1.82, 2.24) is 0 Å². The van der Waals surface area contributed by atoms with Crippen LogP contribution in [0.2, 0.25) is 0 Å². The highest BCUT2D eigenvalue weighted by Gasteiger charge is 2.67. The van der Waals surface area contributed by atoms with E-state index in [-0.39, 0.29) is 0 Å². The molecule has 0 saturated heterocycles. The fraction of sp³-hybridized carbons (Fsp3) is 1.00. The summed E-state index contributed by atoms with van der Waals surface area (Å²) in [4.78, 5) is 0. The van der Waals surface area contributed by atoms with Gasteiger partial charge in [-0.05, 0) is 52.8 Å². The van der Waals surface area contributed by atoms with E-state index in [4.69, 9.17) is 0 Å². The van der Waals surface area contributed by atoms with Gasteiger partial charge in [0.25, 0.3) is 0 Å². The lowest BCUT2D eigenvalue weighted by atomic mass is 9.43. The summed E-state index contributed by atoms with van der Waals surface area (Å²) >= 11 is 0. The zero-order valence-electron chi connectivity index (χ0n) is 13.3. The Morgan fingerprint density at radius 2 is 1.29 bits per heavy atom. The van der Waals surface area contributed by atoms with Crippen LogP contribution >= 0.6 is 0 Å². The molecule has 0 aromatic heterocycles. The Hall–Kier alpha value is 0. The van der Waals surface area contributed by atoms with Gasteiger partial charge in [0.05, 0.1) is 0 Å². The van der Waals surface area contributed by atoms with Crippen LogP contribution in [-0.2, 0) is 0 Å². The van der Waals surface area contributed by atoms with Crippen molar-refractivity contribution in [2.24, 2.45) is 33.5 Å². The van der Waals surface area contributed by atoms with Crippen LogP contribution < -0.4 is 0 Å². The fourth-order valence-corrected chi connectivity index (χ4v) is 5.21. The van der Waals surface area contributed by atoms with Crippen molar-refractivity contribution in [3.05, 3.63) is 0 Å². The minimum absolute atomic E-state index is 0.378. The molecule has 0 spiro atoms. The summed E-state index contributed by atoms with van der Waals surface area (Å²) in [6.45, 7) is 20.0. The van der Waals surface area contributed by atoms with Gasteiger partial charge in [-0.1, -0.05) is 55.4 Å². The number of fused-ring (bicyclic) bond motifs is 2. The molecular weight excluding hydrogens is 204 g/mol. The van der Waals surface area contributed by atoms with E-state index in [1.165, 1.54) is 19.3 Å².